The van der Waals surface area contributed by atoms with Gasteiger partial charge in [-0.3, -0.25) is 0 Å². The highest BCUT2D eigenvalue weighted by Crippen LogP contribution is 2.11. The molecule has 1 rings (SSSR count). The monoisotopic (exact) mass is 204 g/mol. The van der Waals surface area contributed by atoms with Gasteiger partial charge in [0.2, 0.25) is 0 Å². The lowest BCUT2D eigenvalue weighted by Gasteiger charge is -2.06. The fraction of sp³-hybridized carbons (Fsp3) is 0.308. The zero-order valence-corrected chi connectivity index (χ0v) is 9.41. The lowest BCUT2D eigenvalue weighted by molar-refractivity contribution is 0.0548. The van der Waals surface area contributed by atoms with Crippen molar-refractivity contribution < 1.29 is 9.53 Å². The second kappa shape index (κ2) is 5.35. The van der Waals surface area contributed by atoms with Gasteiger partial charge in [-0.2, -0.15) is 0 Å². The topological polar surface area (TPSA) is 26.3 Å². The third kappa shape index (κ3) is 3.24. The Kier molecular flexibility index (Phi) is 4.10. The van der Waals surface area contributed by atoms with Crippen LogP contribution in [0.3, 0.4) is 0 Å². The van der Waals surface area contributed by atoms with Crippen LogP contribution in [0.5, 0.6) is 0 Å². The zero-order chi connectivity index (χ0) is 11.3. The molecule has 0 heterocycles. The van der Waals surface area contributed by atoms with E-state index in [9.17, 15) is 4.79 Å². The Hall–Kier alpha value is -1.57. The molecule has 0 amide bonds. The normalized spacial score (nSPS) is 10.6. The van der Waals surface area contributed by atoms with Crippen LogP contribution in [-0.2, 0) is 4.74 Å². The first-order valence-electron chi connectivity index (χ1n) is 5.00. The van der Waals surface area contributed by atoms with Crippen molar-refractivity contribution in [2.45, 2.75) is 20.8 Å². The number of benzene rings is 1. The molecule has 2 nitrogen and oxygen atoms in total. The predicted molar refractivity (Wildman–Crippen MR) is 61.0 cm³/mol. The Morgan fingerprint density at radius 1 is 1.40 bits per heavy atom. The molecule has 0 N–H and O–H groups in total. The van der Waals surface area contributed by atoms with E-state index in [-0.39, 0.29) is 5.97 Å². The van der Waals surface area contributed by atoms with Gasteiger partial charge >= 0.3 is 5.97 Å². The number of carbonyl (C=O) groups is 1. The molecule has 0 atom stereocenters. The van der Waals surface area contributed by atoms with Gasteiger partial charge in [0, 0.05) is 0 Å². The lowest BCUT2D eigenvalue weighted by atomic mass is 10.1. The van der Waals surface area contributed by atoms with E-state index < -0.39 is 0 Å². The number of carbonyl (C=O) groups excluding carboxylic acids is 1. The molecule has 0 fully saturated rings. The van der Waals surface area contributed by atoms with Crippen LogP contribution < -0.4 is 0 Å². The third-order valence-electron chi connectivity index (χ3n) is 2.16. The molecule has 1 aromatic carbocycles. The zero-order valence-electron chi connectivity index (χ0n) is 9.41. The van der Waals surface area contributed by atoms with Crippen molar-refractivity contribution in [3.8, 4) is 0 Å². The molecule has 0 bridgehead atoms. The van der Waals surface area contributed by atoms with Crippen LogP contribution in [0.15, 0.2) is 30.4 Å². The van der Waals surface area contributed by atoms with E-state index in [0.29, 0.717) is 12.2 Å². The van der Waals surface area contributed by atoms with E-state index in [2.05, 4.69) is 0 Å². The summed E-state index contributed by atoms with van der Waals surface area (Å²) in [6.07, 6.45) is 3.67. The summed E-state index contributed by atoms with van der Waals surface area (Å²) < 4.78 is 5.08. The molecule has 15 heavy (non-hydrogen) atoms. The van der Waals surface area contributed by atoms with E-state index in [1.165, 1.54) is 0 Å². The Morgan fingerprint density at radius 2 is 2.13 bits per heavy atom. The minimum atomic E-state index is -0.255. The average Bonchev–Trinajstić information content (AvgIpc) is 2.22. The molecule has 0 radical (unpaired) electrons. The molecule has 0 aromatic heterocycles. The summed E-state index contributed by atoms with van der Waals surface area (Å²) in [5, 5.41) is 0. The van der Waals surface area contributed by atoms with Crippen molar-refractivity contribution in [1.82, 2.24) is 0 Å². The highest BCUT2D eigenvalue weighted by molar-refractivity contribution is 5.91. The van der Waals surface area contributed by atoms with Crippen LogP contribution in [-0.4, -0.2) is 12.6 Å². The number of rotatable bonds is 3. The first kappa shape index (κ1) is 11.5. The maximum atomic E-state index is 11.6. The van der Waals surface area contributed by atoms with Gasteiger partial charge in [0.25, 0.3) is 0 Å². The maximum absolute atomic E-state index is 11.6. The minimum absolute atomic E-state index is 0.255. The lowest BCUT2D eigenvalue weighted by Crippen LogP contribution is -2.07. The number of allylic oxidation sites excluding steroid dienone is 1. The number of aryl methyl sites for hydroxylation is 2. The first-order valence-corrected chi connectivity index (χ1v) is 5.00. The molecule has 0 aliphatic heterocycles. The van der Waals surface area contributed by atoms with Crippen molar-refractivity contribution in [3.63, 3.8) is 0 Å². The molecule has 2 heteroatoms. The average molecular weight is 204 g/mol. The summed E-state index contributed by atoms with van der Waals surface area (Å²) in [4.78, 5) is 11.6. The van der Waals surface area contributed by atoms with Crippen LogP contribution in [0.1, 0.15) is 28.4 Å². The van der Waals surface area contributed by atoms with Crippen LogP contribution in [0.25, 0.3) is 0 Å². The van der Waals surface area contributed by atoms with Gasteiger partial charge in [-0.15, -0.1) is 0 Å². The summed E-state index contributed by atoms with van der Waals surface area (Å²) in [5.74, 6) is -0.255. The van der Waals surface area contributed by atoms with E-state index in [1.807, 2.05) is 51.1 Å². The standard InChI is InChI=1S/C13H16O2/c1-4-5-8-15-13(14)12-9-10(2)6-7-11(12)3/h4-7,9H,8H2,1-3H3/b5-4+. The molecule has 0 aliphatic rings. The highest BCUT2D eigenvalue weighted by atomic mass is 16.5. The second-order valence-corrected chi connectivity index (χ2v) is 3.49. The summed E-state index contributed by atoms with van der Waals surface area (Å²) >= 11 is 0. The van der Waals surface area contributed by atoms with Crippen molar-refractivity contribution in [3.05, 3.63) is 47.0 Å². The Labute approximate surface area is 90.6 Å². The fourth-order valence-corrected chi connectivity index (χ4v) is 1.25. The van der Waals surface area contributed by atoms with Gasteiger partial charge in [-0.05, 0) is 32.4 Å². The largest absolute Gasteiger partial charge is 0.458 e. The Bertz CT molecular complexity index is 378. The quantitative estimate of drug-likeness (QED) is 0.558. The van der Waals surface area contributed by atoms with Gasteiger partial charge in [0.1, 0.15) is 6.61 Å². The smallest absolute Gasteiger partial charge is 0.338 e. The maximum Gasteiger partial charge on any atom is 0.338 e. The third-order valence-corrected chi connectivity index (χ3v) is 2.16. The van der Waals surface area contributed by atoms with Crippen LogP contribution in [0.2, 0.25) is 0 Å². The summed E-state index contributed by atoms with van der Waals surface area (Å²) in [5.41, 5.74) is 2.67. The summed E-state index contributed by atoms with van der Waals surface area (Å²) in [7, 11) is 0. The van der Waals surface area contributed by atoms with Gasteiger partial charge in [-0.25, -0.2) is 4.79 Å². The second-order valence-electron chi connectivity index (χ2n) is 3.49. The van der Waals surface area contributed by atoms with Crippen molar-refractivity contribution in [1.29, 1.82) is 0 Å². The molecule has 0 aliphatic carbocycles. The van der Waals surface area contributed by atoms with E-state index in [0.717, 1.165) is 11.1 Å². The predicted octanol–water partition coefficient (Wildman–Crippen LogP) is 3.04. The minimum Gasteiger partial charge on any atom is -0.458 e. The van der Waals surface area contributed by atoms with Gasteiger partial charge in [-0.1, -0.05) is 29.8 Å². The van der Waals surface area contributed by atoms with E-state index >= 15 is 0 Å². The molecule has 0 unspecified atom stereocenters. The fourth-order valence-electron chi connectivity index (χ4n) is 1.25. The first-order chi connectivity index (χ1) is 7.15. The van der Waals surface area contributed by atoms with Crippen LogP contribution in [0.4, 0.5) is 0 Å². The van der Waals surface area contributed by atoms with Crippen LogP contribution >= 0.6 is 0 Å². The van der Waals surface area contributed by atoms with Crippen molar-refractivity contribution in [2.75, 3.05) is 6.61 Å². The molecular weight excluding hydrogens is 188 g/mol. The molecule has 0 saturated carbocycles. The van der Waals surface area contributed by atoms with Crippen molar-refractivity contribution in [2.24, 2.45) is 0 Å². The molecule has 80 valence electrons. The van der Waals surface area contributed by atoms with Crippen LogP contribution in [0, 0.1) is 13.8 Å². The van der Waals surface area contributed by atoms with Gasteiger partial charge < -0.3 is 4.74 Å². The molecule has 0 saturated heterocycles. The molecule has 0 spiro atoms. The number of hydrogen-bond donors (Lipinski definition) is 0. The highest BCUT2D eigenvalue weighted by Gasteiger charge is 2.09. The Morgan fingerprint density at radius 3 is 2.80 bits per heavy atom. The number of esters is 1. The number of ether oxygens (including phenoxy) is 1. The SMILES string of the molecule is C/C=C/COC(=O)c1cc(C)ccc1C. The van der Waals surface area contributed by atoms with E-state index in [4.69, 9.17) is 4.74 Å². The van der Waals surface area contributed by atoms with E-state index in [1.54, 1.807) is 0 Å². The number of hydrogen-bond acceptors (Lipinski definition) is 2. The summed E-state index contributed by atoms with van der Waals surface area (Å²) in [6, 6.07) is 5.77. The Balaban J connectivity index is 2.77. The van der Waals surface area contributed by atoms with Crippen molar-refractivity contribution >= 4 is 5.97 Å². The van der Waals surface area contributed by atoms with Gasteiger partial charge in [0.05, 0.1) is 5.56 Å². The van der Waals surface area contributed by atoms with Gasteiger partial charge in [0.15, 0.2) is 0 Å². The summed E-state index contributed by atoms with van der Waals surface area (Å²) in [6.45, 7) is 6.10. The molecular formula is C13H16O2. The molecule has 1 aromatic rings.